The van der Waals surface area contributed by atoms with Crippen LogP contribution in [0.2, 0.25) is 0 Å². The van der Waals surface area contributed by atoms with Crippen LogP contribution >= 0.6 is 0 Å². The van der Waals surface area contributed by atoms with Gasteiger partial charge in [-0.15, -0.1) is 0 Å². The summed E-state index contributed by atoms with van der Waals surface area (Å²) in [5.41, 5.74) is 0. The molecule has 0 saturated carbocycles. The molecule has 0 aromatic carbocycles. The average Bonchev–Trinajstić information content (AvgIpc) is 2.37. The van der Waals surface area contributed by atoms with Crippen molar-refractivity contribution in [2.75, 3.05) is 6.61 Å². The maximum Gasteiger partial charge on any atom is 0.303 e. The summed E-state index contributed by atoms with van der Waals surface area (Å²) >= 11 is 0. The van der Waals surface area contributed by atoms with Crippen molar-refractivity contribution < 1.29 is 39.9 Å². The number of rotatable bonds is 6. The van der Waals surface area contributed by atoms with Crippen LogP contribution in [0.4, 0.5) is 0 Å². The normalized spacial score (nSPS) is 35.1. The van der Waals surface area contributed by atoms with E-state index in [9.17, 15) is 24.9 Å². The first-order valence-electron chi connectivity index (χ1n) is 5.90. The largest absolute Gasteiger partial charge is 0.481 e. The van der Waals surface area contributed by atoms with E-state index in [2.05, 4.69) is 0 Å². The molecule has 0 aliphatic carbocycles. The first-order chi connectivity index (χ1) is 8.86. The first kappa shape index (κ1) is 16.0. The Bertz CT molecular complexity index is 329. The standard InChI is InChI=1S/C11H18O8/c12-4-7-10(17)11(18)9(16)6(19-7)3-5(13)1-2-8(14)15/h6-7,9-12,16-18H,1-4H2,(H,14,15)/t6-,7-,9+,10-,11-/m1/s1. The van der Waals surface area contributed by atoms with E-state index in [0.717, 1.165) is 0 Å². The van der Waals surface area contributed by atoms with Gasteiger partial charge < -0.3 is 30.3 Å². The summed E-state index contributed by atoms with van der Waals surface area (Å²) < 4.78 is 5.13. The number of aliphatic hydroxyl groups is 4. The first-order valence-corrected chi connectivity index (χ1v) is 5.90. The zero-order chi connectivity index (χ0) is 14.6. The minimum absolute atomic E-state index is 0.204. The van der Waals surface area contributed by atoms with Gasteiger partial charge in [0.05, 0.1) is 19.1 Å². The molecule has 1 aliphatic heterocycles. The molecule has 0 unspecified atom stereocenters. The predicted octanol–water partition coefficient (Wildman–Crippen LogP) is -2.35. The van der Waals surface area contributed by atoms with Crippen LogP contribution in [0.1, 0.15) is 19.3 Å². The highest BCUT2D eigenvalue weighted by Crippen LogP contribution is 2.23. The number of carbonyl (C=O) groups is 2. The highest BCUT2D eigenvalue weighted by molar-refractivity contribution is 5.82. The highest BCUT2D eigenvalue weighted by Gasteiger charge is 2.43. The van der Waals surface area contributed by atoms with Crippen molar-refractivity contribution in [1.82, 2.24) is 0 Å². The van der Waals surface area contributed by atoms with Gasteiger partial charge in [0.15, 0.2) is 0 Å². The molecule has 1 fully saturated rings. The second kappa shape index (κ2) is 6.92. The number of carbonyl (C=O) groups excluding carboxylic acids is 1. The number of aliphatic hydroxyl groups excluding tert-OH is 4. The molecule has 0 amide bonds. The van der Waals surface area contributed by atoms with E-state index in [1.54, 1.807) is 0 Å². The van der Waals surface area contributed by atoms with E-state index < -0.39 is 48.9 Å². The van der Waals surface area contributed by atoms with Gasteiger partial charge in [0.2, 0.25) is 0 Å². The van der Waals surface area contributed by atoms with Crippen LogP contribution < -0.4 is 0 Å². The molecule has 0 bridgehead atoms. The van der Waals surface area contributed by atoms with Gasteiger partial charge in [0.1, 0.15) is 30.2 Å². The zero-order valence-electron chi connectivity index (χ0n) is 10.2. The predicted molar refractivity (Wildman–Crippen MR) is 60.3 cm³/mol. The molecule has 0 aromatic heterocycles. The third kappa shape index (κ3) is 4.22. The molecule has 1 saturated heterocycles. The van der Waals surface area contributed by atoms with Crippen LogP contribution in [-0.2, 0) is 14.3 Å². The smallest absolute Gasteiger partial charge is 0.303 e. The summed E-state index contributed by atoms with van der Waals surface area (Å²) in [4.78, 5) is 21.8. The number of carboxylic acids is 1. The number of aliphatic carboxylic acids is 1. The lowest BCUT2D eigenvalue weighted by Crippen LogP contribution is -2.58. The Morgan fingerprint density at radius 3 is 2.05 bits per heavy atom. The molecule has 5 N–H and O–H groups in total. The van der Waals surface area contributed by atoms with E-state index in [4.69, 9.17) is 14.9 Å². The number of Topliss-reactive ketones (excluding diaryl/α,β-unsaturated/α-hetero) is 1. The molecule has 1 rings (SSSR count). The van der Waals surface area contributed by atoms with Gasteiger partial charge in [0.25, 0.3) is 0 Å². The lowest BCUT2D eigenvalue weighted by molar-refractivity contribution is -0.229. The van der Waals surface area contributed by atoms with E-state index in [1.807, 2.05) is 0 Å². The quantitative estimate of drug-likeness (QED) is 0.363. The van der Waals surface area contributed by atoms with Crippen molar-refractivity contribution in [3.05, 3.63) is 0 Å². The summed E-state index contributed by atoms with van der Waals surface area (Å²) in [5, 5.41) is 46.1. The van der Waals surface area contributed by atoms with Crippen LogP contribution in [-0.4, -0.2) is 74.4 Å². The van der Waals surface area contributed by atoms with Gasteiger partial charge in [-0.3, -0.25) is 9.59 Å². The van der Waals surface area contributed by atoms with E-state index in [0.29, 0.717) is 0 Å². The van der Waals surface area contributed by atoms with Crippen LogP contribution in [0.15, 0.2) is 0 Å². The fourth-order valence-corrected chi connectivity index (χ4v) is 1.92. The molecule has 0 aromatic rings. The molecule has 0 spiro atoms. The molecule has 5 atom stereocenters. The average molecular weight is 278 g/mol. The maximum absolute atomic E-state index is 11.5. The zero-order valence-corrected chi connectivity index (χ0v) is 10.2. The second-order valence-corrected chi connectivity index (χ2v) is 4.50. The second-order valence-electron chi connectivity index (χ2n) is 4.50. The molecule has 1 heterocycles. The SMILES string of the molecule is O=C(O)CCC(=O)C[C@H]1O[C@H](CO)[C@@H](O)[C@H](O)[C@H]1O. The Labute approximate surface area is 109 Å². The van der Waals surface area contributed by atoms with Gasteiger partial charge in [-0.2, -0.15) is 0 Å². The summed E-state index contributed by atoms with van der Waals surface area (Å²) in [5.74, 6) is -1.55. The van der Waals surface area contributed by atoms with E-state index in [-0.39, 0.29) is 19.3 Å². The Morgan fingerprint density at radius 2 is 1.53 bits per heavy atom. The number of ketones is 1. The van der Waals surface area contributed by atoms with Crippen LogP contribution in [0.5, 0.6) is 0 Å². The summed E-state index contributed by atoms with van der Waals surface area (Å²) in [6, 6.07) is 0. The number of hydrogen-bond donors (Lipinski definition) is 5. The van der Waals surface area contributed by atoms with Gasteiger partial charge in [0, 0.05) is 12.8 Å². The van der Waals surface area contributed by atoms with Crippen molar-refractivity contribution in [3.8, 4) is 0 Å². The lowest BCUT2D eigenvalue weighted by Gasteiger charge is -2.39. The van der Waals surface area contributed by atoms with Crippen LogP contribution in [0.3, 0.4) is 0 Å². The van der Waals surface area contributed by atoms with Crippen molar-refractivity contribution in [2.45, 2.75) is 49.8 Å². The number of carboxylic acid groups (broad SMARTS) is 1. The van der Waals surface area contributed by atoms with Gasteiger partial charge in [-0.1, -0.05) is 0 Å². The Kier molecular flexibility index (Phi) is 5.83. The molecule has 19 heavy (non-hydrogen) atoms. The van der Waals surface area contributed by atoms with Gasteiger partial charge in [-0.05, 0) is 0 Å². The van der Waals surface area contributed by atoms with Gasteiger partial charge in [-0.25, -0.2) is 0 Å². The van der Waals surface area contributed by atoms with E-state index >= 15 is 0 Å². The highest BCUT2D eigenvalue weighted by atomic mass is 16.5. The topological polar surface area (TPSA) is 145 Å². The van der Waals surface area contributed by atoms with Gasteiger partial charge >= 0.3 is 5.97 Å². The minimum Gasteiger partial charge on any atom is -0.481 e. The van der Waals surface area contributed by atoms with Crippen LogP contribution in [0.25, 0.3) is 0 Å². The Hall–Kier alpha value is -1.06. The summed E-state index contributed by atoms with van der Waals surface area (Å²) in [6.07, 6.45) is -7.40. The summed E-state index contributed by atoms with van der Waals surface area (Å²) in [6.45, 7) is -0.565. The van der Waals surface area contributed by atoms with Crippen molar-refractivity contribution in [2.24, 2.45) is 0 Å². The van der Waals surface area contributed by atoms with Crippen molar-refractivity contribution in [3.63, 3.8) is 0 Å². The third-order valence-electron chi connectivity index (χ3n) is 3.04. The third-order valence-corrected chi connectivity index (χ3v) is 3.04. The molecule has 8 nitrogen and oxygen atoms in total. The lowest BCUT2D eigenvalue weighted by atomic mass is 9.92. The number of hydrogen-bond acceptors (Lipinski definition) is 7. The Morgan fingerprint density at radius 1 is 0.947 bits per heavy atom. The molecule has 1 aliphatic rings. The molecule has 110 valence electrons. The fraction of sp³-hybridized carbons (Fsp3) is 0.818. The molecular weight excluding hydrogens is 260 g/mol. The molecule has 8 heteroatoms. The maximum atomic E-state index is 11.5. The number of ether oxygens (including phenoxy) is 1. The fourth-order valence-electron chi connectivity index (χ4n) is 1.92. The molecule has 0 radical (unpaired) electrons. The van der Waals surface area contributed by atoms with Crippen molar-refractivity contribution >= 4 is 11.8 Å². The van der Waals surface area contributed by atoms with Crippen LogP contribution in [0, 0.1) is 0 Å². The monoisotopic (exact) mass is 278 g/mol. The minimum atomic E-state index is -1.52. The Balaban J connectivity index is 2.56. The molecular formula is C11H18O8. The van der Waals surface area contributed by atoms with E-state index in [1.165, 1.54) is 0 Å². The van der Waals surface area contributed by atoms with Crippen molar-refractivity contribution in [1.29, 1.82) is 0 Å². The summed E-state index contributed by atoms with van der Waals surface area (Å²) in [7, 11) is 0.